The van der Waals surface area contributed by atoms with Crippen molar-refractivity contribution in [1.82, 2.24) is 15.3 Å². The first-order chi connectivity index (χ1) is 13.7. The Morgan fingerprint density at radius 1 is 1.04 bits per heavy atom. The molecule has 0 unspecified atom stereocenters. The number of nitrogens with one attached hydrogen (secondary N) is 2. The lowest BCUT2D eigenvalue weighted by Gasteiger charge is -2.33. The Morgan fingerprint density at radius 3 is 2.79 bits per heavy atom. The predicted molar refractivity (Wildman–Crippen MR) is 114 cm³/mol. The van der Waals surface area contributed by atoms with Crippen molar-refractivity contribution in [1.29, 1.82) is 0 Å². The van der Waals surface area contributed by atoms with Crippen molar-refractivity contribution >= 4 is 49.6 Å². The fourth-order valence-corrected chi connectivity index (χ4v) is 7.45. The van der Waals surface area contributed by atoms with Crippen LogP contribution in [0.4, 0.5) is 10.8 Å². The van der Waals surface area contributed by atoms with Crippen LogP contribution in [0.5, 0.6) is 0 Å². The van der Waals surface area contributed by atoms with Gasteiger partial charge >= 0.3 is 0 Å². The summed E-state index contributed by atoms with van der Waals surface area (Å²) >= 11 is 3.38. The van der Waals surface area contributed by atoms with Crippen molar-refractivity contribution in [2.24, 2.45) is 0 Å². The van der Waals surface area contributed by atoms with Crippen LogP contribution in [0.1, 0.15) is 70.6 Å². The second kappa shape index (κ2) is 6.26. The Hall–Kier alpha value is -1.99. The van der Waals surface area contributed by atoms with Gasteiger partial charge in [0.2, 0.25) is 0 Å². The zero-order valence-corrected chi connectivity index (χ0v) is 17.3. The largest absolute Gasteiger partial charge is 0.342 e. The number of aryl methyl sites for hydroxylation is 2. The number of carbonyl (C=O) groups excluding carboxylic acids is 1. The van der Waals surface area contributed by atoms with Crippen LogP contribution in [-0.4, -0.2) is 15.9 Å². The van der Waals surface area contributed by atoms with Gasteiger partial charge in [-0.2, -0.15) is 0 Å². The summed E-state index contributed by atoms with van der Waals surface area (Å²) < 4.78 is 0. The number of fused-ring (bicyclic) bond motifs is 5. The van der Waals surface area contributed by atoms with E-state index >= 15 is 0 Å². The number of rotatable bonds is 2. The van der Waals surface area contributed by atoms with Gasteiger partial charge in [-0.25, -0.2) is 9.97 Å². The molecule has 1 amide bonds. The van der Waals surface area contributed by atoms with Crippen molar-refractivity contribution in [2.75, 3.05) is 5.32 Å². The molecule has 2 aliphatic carbocycles. The number of thiophene rings is 2. The van der Waals surface area contributed by atoms with E-state index < -0.39 is 0 Å². The van der Waals surface area contributed by atoms with Gasteiger partial charge in [-0.05, 0) is 50.2 Å². The number of anilines is 2. The van der Waals surface area contributed by atoms with E-state index in [1.165, 1.54) is 53.5 Å². The zero-order chi connectivity index (χ0) is 18.7. The summed E-state index contributed by atoms with van der Waals surface area (Å²) in [7, 11) is 0. The maximum Gasteiger partial charge on any atom is 0.262 e. The number of hydrogen-bond acceptors (Lipinski definition) is 6. The summed E-state index contributed by atoms with van der Waals surface area (Å²) in [4.78, 5) is 25.1. The van der Waals surface area contributed by atoms with E-state index in [-0.39, 0.29) is 11.4 Å². The van der Waals surface area contributed by atoms with Crippen LogP contribution in [0.3, 0.4) is 0 Å². The van der Waals surface area contributed by atoms with Crippen LogP contribution < -0.4 is 10.6 Å². The lowest BCUT2D eigenvalue weighted by Crippen LogP contribution is -2.40. The summed E-state index contributed by atoms with van der Waals surface area (Å²) in [5.41, 5.74) is 2.49. The van der Waals surface area contributed by atoms with E-state index in [2.05, 4.69) is 26.7 Å². The van der Waals surface area contributed by atoms with Crippen molar-refractivity contribution in [3.8, 4) is 0 Å². The summed E-state index contributed by atoms with van der Waals surface area (Å²) in [5.74, 6) is 0.984. The van der Waals surface area contributed by atoms with Crippen LogP contribution >= 0.6 is 22.7 Å². The summed E-state index contributed by atoms with van der Waals surface area (Å²) in [6.07, 6.45) is 12.2. The van der Waals surface area contributed by atoms with Crippen LogP contribution in [0, 0.1) is 0 Å². The van der Waals surface area contributed by atoms with Gasteiger partial charge in [-0.3, -0.25) is 4.79 Å². The average molecular weight is 411 g/mol. The van der Waals surface area contributed by atoms with Gasteiger partial charge in [-0.15, -0.1) is 22.7 Å². The topological polar surface area (TPSA) is 66.9 Å². The van der Waals surface area contributed by atoms with Crippen molar-refractivity contribution in [3.05, 3.63) is 33.3 Å². The molecule has 1 aliphatic heterocycles. The van der Waals surface area contributed by atoms with Crippen molar-refractivity contribution < 1.29 is 4.79 Å². The second-order valence-electron chi connectivity index (χ2n) is 8.19. The summed E-state index contributed by atoms with van der Waals surface area (Å²) in [6.45, 7) is 0. The molecule has 144 valence electrons. The molecule has 2 N–H and O–H groups in total. The Bertz CT molecular complexity index is 1090. The highest BCUT2D eigenvalue weighted by Crippen LogP contribution is 2.47. The Balaban J connectivity index is 1.40. The maximum atomic E-state index is 12.6. The molecule has 6 rings (SSSR count). The highest BCUT2D eigenvalue weighted by atomic mass is 32.1. The molecule has 0 saturated heterocycles. The smallest absolute Gasteiger partial charge is 0.262 e. The van der Waals surface area contributed by atoms with Crippen molar-refractivity contribution in [2.45, 2.75) is 63.3 Å². The Morgan fingerprint density at radius 2 is 1.89 bits per heavy atom. The Kier molecular flexibility index (Phi) is 3.78. The molecule has 0 bridgehead atoms. The first-order valence-electron chi connectivity index (χ1n) is 10.2. The van der Waals surface area contributed by atoms with Gasteiger partial charge in [-0.1, -0.05) is 19.3 Å². The SMILES string of the molecule is O=C1NC2(CCCCC2)c2cc(Nc3ncnc4sc5c(c34)CCCC5)sc21. The quantitative estimate of drug-likeness (QED) is 0.603. The minimum absolute atomic E-state index is 0.0932. The van der Waals surface area contributed by atoms with E-state index in [9.17, 15) is 4.79 Å². The van der Waals surface area contributed by atoms with Crippen molar-refractivity contribution in [3.63, 3.8) is 0 Å². The fraction of sp³-hybridized carbons (Fsp3) is 0.476. The molecule has 1 fully saturated rings. The van der Waals surface area contributed by atoms with E-state index in [4.69, 9.17) is 0 Å². The molecule has 3 aromatic rings. The lowest BCUT2D eigenvalue weighted by atomic mass is 9.78. The molecule has 4 heterocycles. The van der Waals surface area contributed by atoms with E-state index in [0.29, 0.717) is 0 Å². The molecule has 3 aromatic heterocycles. The highest BCUT2D eigenvalue weighted by molar-refractivity contribution is 7.19. The first kappa shape index (κ1) is 16.9. The third-order valence-corrected chi connectivity index (χ3v) is 8.76. The van der Waals surface area contributed by atoms with Gasteiger partial charge in [0.05, 0.1) is 20.8 Å². The maximum absolute atomic E-state index is 12.6. The first-order valence-corrected chi connectivity index (χ1v) is 11.9. The Labute approximate surface area is 171 Å². The standard InChI is InChI=1S/C21H22N4OS2/c26-19-17-13(21(25-19)8-4-1-5-9-21)10-15(28-17)24-18-16-12-6-2-3-7-14(12)27-20(16)23-11-22-18/h10-11H,1-9H2,(H,25,26)(H,22,23,24). The highest BCUT2D eigenvalue weighted by Gasteiger charge is 2.45. The molecule has 5 nitrogen and oxygen atoms in total. The molecule has 1 spiro atoms. The van der Waals surface area contributed by atoms with Gasteiger partial charge in [0.1, 0.15) is 17.0 Å². The van der Waals surface area contributed by atoms with Gasteiger partial charge < -0.3 is 10.6 Å². The molecule has 3 aliphatic rings. The number of hydrogen-bond donors (Lipinski definition) is 2. The number of amides is 1. The number of carbonyl (C=O) groups is 1. The minimum Gasteiger partial charge on any atom is -0.342 e. The second-order valence-corrected chi connectivity index (χ2v) is 10.3. The predicted octanol–water partition coefficient (Wildman–Crippen LogP) is 5.28. The van der Waals surface area contributed by atoms with Crippen LogP contribution in [-0.2, 0) is 18.4 Å². The van der Waals surface area contributed by atoms with Crippen LogP contribution in [0.25, 0.3) is 10.2 Å². The van der Waals surface area contributed by atoms with Crippen LogP contribution in [0.2, 0.25) is 0 Å². The third kappa shape index (κ3) is 2.45. The van der Waals surface area contributed by atoms with E-state index in [0.717, 1.165) is 46.2 Å². The monoisotopic (exact) mass is 410 g/mol. The summed E-state index contributed by atoms with van der Waals surface area (Å²) in [5, 5.41) is 9.04. The summed E-state index contributed by atoms with van der Waals surface area (Å²) in [6, 6.07) is 2.19. The fourth-order valence-electron chi connectivity index (χ4n) is 5.17. The lowest BCUT2D eigenvalue weighted by molar-refractivity contribution is 0.0912. The molecular weight excluding hydrogens is 388 g/mol. The average Bonchev–Trinajstić information content (AvgIpc) is 3.36. The van der Waals surface area contributed by atoms with Crippen LogP contribution in [0.15, 0.2) is 12.4 Å². The molecule has 0 radical (unpaired) electrons. The number of aromatic nitrogens is 2. The molecular formula is C21H22N4OS2. The minimum atomic E-state index is -0.135. The van der Waals surface area contributed by atoms with Gasteiger partial charge in [0.15, 0.2) is 0 Å². The molecule has 1 saturated carbocycles. The number of nitrogens with zero attached hydrogens (tertiary/aromatic N) is 2. The third-order valence-electron chi connectivity index (χ3n) is 6.51. The molecule has 7 heteroatoms. The molecule has 28 heavy (non-hydrogen) atoms. The van der Waals surface area contributed by atoms with Gasteiger partial charge in [0, 0.05) is 10.4 Å². The van der Waals surface area contributed by atoms with E-state index in [1.54, 1.807) is 17.7 Å². The zero-order valence-electron chi connectivity index (χ0n) is 15.6. The normalized spacial score (nSPS) is 20.2. The van der Waals surface area contributed by atoms with Gasteiger partial charge in [0.25, 0.3) is 5.91 Å². The van der Waals surface area contributed by atoms with E-state index in [1.807, 2.05) is 11.3 Å². The molecule has 0 aromatic carbocycles. The molecule has 0 atom stereocenters.